The van der Waals surface area contributed by atoms with E-state index < -0.39 is 0 Å². The number of halogens is 1. The van der Waals surface area contributed by atoms with Crippen LogP contribution in [0.4, 0.5) is 4.39 Å². The van der Waals surface area contributed by atoms with Gasteiger partial charge in [0, 0.05) is 30.1 Å². The Labute approximate surface area is 211 Å². The fraction of sp³-hybridized carbons (Fsp3) is 0.300. The van der Waals surface area contributed by atoms with Crippen molar-refractivity contribution in [1.82, 2.24) is 4.90 Å². The molecule has 0 aliphatic carbocycles. The van der Waals surface area contributed by atoms with Gasteiger partial charge in [0.25, 0.3) is 0 Å². The van der Waals surface area contributed by atoms with Crippen molar-refractivity contribution in [1.29, 1.82) is 5.26 Å². The van der Waals surface area contributed by atoms with Gasteiger partial charge >= 0.3 is 0 Å². The molecule has 2 heterocycles. The smallest absolute Gasteiger partial charge is 0.150 e. The number of hydrogen-bond acceptors (Lipinski definition) is 5. The number of phenolic OH excluding ortho intramolecular Hbond substituents is 1. The molecule has 1 N–H and O–H groups in total. The molecule has 0 saturated carbocycles. The van der Waals surface area contributed by atoms with Crippen LogP contribution in [0.25, 0.3) is 11.1 Å². The molecule has 3 aromatic rings. The van der Waals surface area contributed by atoms with Gasteiger partial charge in [-0.1, -0.05) is 24.3 Å². The number of alkyl halides is 1. The summed E-state index contributed by atoms with van der Waals surface area (Å²) in [7, 11) is 0. The Hall–Kier alpha value is -3.82. The van der Waals surface area contributed by atoms with E-state index in [0.717, 1.165) is 59.6 Å². The van der Waals surface area contributed by atoms with Gasteiger partial charge in [0.05, 0.1) is 18.3 Å². The Morgan fingerprint density at radius 3 is 2.58 bits per heavy atom. The molecule has 1 saturated heterocycles. The lowest BCUT2D eigenvalue weighted by Gasteiger charge is -2.31. The second-order valence-electron chi connectivity index (χ2n) is 9.43. The highest BCUT2D eigenvalue weighted by atomic mass is 19.1. The highest BCUT2D eigenvalue weighted by Crippen LogP contribution is 2.47. The molecular formula is C30H29FN2O3. The van der Waals surface area contributed by atoms with Crippen molar-refractivity contribution >= 4 is 11.1 Å². The zero-order valence-electron chi connectivity index (χ0n) is 20.3. The van der Waals surface area contributed by atoms with Gasteiger partial charge in [-0.15, -0.1) is 0 Å². The normalized spacial score (nSPS) is 19.5. The molecule has 2 aliphatic heterocycles. The van der Waals surface area contributed by atoms with Crippen LogP contribution in [0.3, 0.4) is 0 Å². The fourth-order valence-corrected chi connectivity index (χ4v) is 5.04. The highest BCUT2D eigenvalue weighted by Gasteiger charge is 2.29. The number of allylic oxidation sites excluding steroid dienone is 1. The first-order valence-corrected chi connectivity index (χ1v) is 12.3. The largest absolute Gasteiger partial charge is 0.508 e. The molecule has 0 radical (unpaired) electrons. The Balaban J connectivity index is 1.37. The first kappa shape index (κ1) is 23.9. The zero-order valence-corrected chi connectivity index (χ0v) is 20.3. The summed E-state index contributed by atoms with van der Waals surface area (Å²) in [6, 6.07) is 22.7. The molecule has 5 nitrogen and oxygen atoms in total. The molecule has 0 aromatic heterocycles. The second-order valence-corrected chi connectivity index (χ2v) is 9.43. The topological polar surface area (TPSA) is 65.7 Å². The van der Waals surface area contributed by atoms with Crippen LogP contribution in [0.2, 0.25) is 0 Å². The first-order valence-electron chi connectivity index (χ1n) is 12.3. The number of likely N-dealkylation sites (tertiary alicyclic amines) is 1. The summed E-state index contributed by atoms with van der Waals surface area (Å²) in [5.41, 5.74) is 5.39. The summed E-state index contributed by atoms with van der Waals surface area (Å²) in [5.74, 6) is 1.84. The minimum absolute atomic E-state index is 0.163. The zero-order chi connectivity index (χ0) is 25.1. The van der Waals surface area contributed by atoms with Crippen LogP contribution in [0.1, 0.15) is 41.7 Å². The maximum absolute atomic E-state index is 12.8. The maximum Gasteiger partial charge on any atom is 0.150 e. The number of phenols is 1. The van der Waals surface area contributed by atoms with Crippen molar-refractivity contribution in [2.75, 3.05) is 32.9 Å². The van der Waals surface area contributed by atoms with Crippen molar-refractivity contribution in [2.45, 2.75) is 19.4 Å². The van der Waals surface area contributed by atoms with E-state index in [-0.39, 0.29) is 24.4 Å². The standard InChI is InChI=1S/C30H29FN2O3/c1-20-27-16-25(34)8-11-28(27)36-30(29(20)23-4-2-21(18-32)3-5-23)24-6-9-26(10-7-24)35-15-14-33-13-12-22(17-31)19-33/h2-11,16,22,30,34H,12-15,17,19H2,1H3. The number of hydrogen-bond donors (Lipinski definition) is 1. The van der Waals surface area contributed by atoms with Crippen molar-refractivity contribution < 1.29 is 19.0 Å². The third-order valence-electron chi connectivity index (χ3n) is 7.05. The molecule has 0 spiro atoms. The quantitative estimate of drug-likeness (QED) is 0.446. The van der Waals surface area contributed by atoms with Crippen LogP contribution < -0.4 is 9.47 Å². The lowest BCUT2D eigenvalue weighted by Crippen LogP contribution is -2.26. The summed E-state index contributed by atoms with van der Waals surface area (Å²) in [6.07, 6.45) is 0.565. The van der Waals surface area contributed by atoms with Gasteiger partial charge in [-0.3, -0.25) is 9.29 Å². The van der Waals surface area contributed by atoms with Gasteiger partial charge in [0.15, 0.2) is 0 Å². The molecule has 36 heavy (non-hydrogen) atoms. The van der Waals surface area contributed by atoms with Crippen molar-refractivity contribution in [2.24, 2.45) is 5.92 Å². The van der Waals surface area contributed by atoms with Crippen LogP contribution in [0.5, 0.6) is 17.2 Å². The van der Waals surface area contributed by atoms with E-state index in [0.29, 0.717) is 17.9 Å². The predicted octanol–water partition coefficient (Wildman–Crippen LogP) is 6.00. The molecule has 6 heteroatoms. The predicted molar refractivity (Wildman–Crippen MR) is 138 cm³/mol. The van der Waals surface area contributed by atoms with Crippen molar-refractivity contribution in [3.8, 4) is 23.3 Å². The van der Waals surface area contributed by atoms with Gasteiger partial charge in [0.2, 0.25) is 0 Å². The maximum atomic E-state index is 12.8. The van der Waals surface area contributed by atoms with Crippen LogP contribution in [0.15, 0.2) is 66.7 Å². The average Bonchev–Trinajstić information content (AvgIpc) is 3.37. The van der Waals surface area contributed by atoms with E-state index in [4.69, 9.17) is 9.47 Å². The summed E-state index contributed by atoms with van der Waals surface area (Å²) >= 11 is 0. The van der Waals surface area contributed by atoms with Crippen LogP contribution in [0, 0.1) is 17.2 Å². The number of benzene rings is 3. The Morgan fingerprint density at radius 2 is 1.89 bits per heavy atom. The average molecular weight is 485 g/mol. The Bertz CT molecular complexity index is 1300. The highest BCUT2D eigenvalue weighted by molar-refractivity contribution is 5.95. The van der Waals surface area contributed by atoms with E-state index >= 15 is 0 Å². The fourth-order valence-electron chi connectivity index (χ4n) is 5.04. The van der Waals surface area contributed by atoms with E-state index in [1.807, 2.05) is 43.3 Å². The molecule has 5 rings (SSSR count). The van der Waals surface area contributed by atoms with Crippen LogP contribution in [-0.2, 0) is 0 Å². The van der Waals surface area contributed by atoms with Gasteiger partial charge in [0.1, 0.15) is 30.0 Å². The summed E-state index contributed by atoms with van der Waals surface area (Å²) in [4.78, 5) is 2.25. The number of ether oxygens (including phenoxy) is 2. The molecule has 2 aliphatic rings. The third kappa shape index (κ3) is 4.93. The van der Waals surface area contributed by atoms with E-state index in [9.17, 15) is 14.8 Å². The van der Waals surface area contributed by atoms with Crippen LogP contribution in [-0.4, -0.2) is 42.9 Å². The van der Waals surface area contributed by atoms with Gasteiger partial charge < -0.3 is 14.6 Å². The van der Waals surface area contributed by atoms with Crippen LogP contribution >= 0.6 is 0 Å². The summed E-state index contributed by atoms with van der Waals surface area (Å²) in [5, 5.41) is 19.3. The molecule has 184 valence electrons. The SMILES string of the molecule is CC1=C(c2ccc(C#N)cc2)C(c2ccc(OCCN3CCC(CF)C3)cc2)Oc2ccc(O)cc21. The lowest BCUT2D eigenvalue weighted by molar-refractivity contribution is 0.228. The number of fused-ring (bicyclic) bond motifs is 1. The van der Waals surface area contributed by atoms with E-state index in [2.05, 4.69) is 11.0 Å². The number of rotatable bonds is 7. The Kier molecular flexibility index (Phi) is 6.92. The van der Waals surface area contributed by atoms with E-state index in [1.165, 1.54) is 0 Å². The monoisotopic (exact) mass is 484 g/mol. The molecule has 2 atom stereocenters. The number of aromatic hydroxyl groups is 1. The van der Waals surface area contributed by atoms with E-state index in [1.54, 1.807) is 30.3 Å². The molecule has 0 bridgehead atoms. The molecule has 2 unspecified atom stereocenters. The van der Waals surface area contributed by atoms with Gasteiger partial charge in [-0.2, -0.15) is 5.26 Å². The molecular weight excluding hydrogens is 455 g/mol. The summed E-state index contributed by atoms with van der Waals surface area (Å²) < 4.78 is 25.3. The first-order chi connectivity index (χ1) is 17.6. The van der Waals surface area contributed by atoms with Gasteiger partial charge in [-0.25, -0.2) is 0 Å². The minimum Gasteiger partial charge on any atom is -0.508 e. The number of nitrogens with zero attached hydrogens (tertiary/aromatic N) is 2. The lowest BCUT2D eigenvalue weighted by atomic mass is 9.86. The molecule has 3 aromatic carbocycles. The van der Waals surface area contributed by atoms with Crippen molar-refractivity contribution in [3.05, 3.63) is 89.0 Å². The Morgan fingerprint density at radius 1 is 1.11 bits per heavy atom. The summed E-state index contributed by atoms with van der Waals surface area (Å²) in [6.45, 7) is 4.87. The second kappa shape index (κ2) is 10.4. The van der Waals surface area contributed by atoms with Crippen molar-refractivity contribution in [3.63, 3.8) is 0 Å². The molecule has 0 amide bonds. The minimum atomic E-state index is -0.355. The molecule has 1 fully saturated rings. The third-order valence-corrected chi connectivity index (χ3v) is 7.05. The van der Waals surface area contributed by atoms with Gasteiger partial charge in [-0.05, 0) is 79.1 Å². The number of nitriles is 1.